The number of nitrogens with zero attached hydrogens (tertiary/aromatic N) is 1. The number of ether oxygens (including phenoxy) is 1. The smallest absolute Gasteiger partial charge is 0.264 e. The zero-order valence-corrected chi connectivity index (χ0v) is 18.7. The number of rotatable bonds is 4. The lowest BCUT2D eigenvalue weighted by atomic mass is 10.2. The van der Waals surface area contributed by atoms with Gasteiger partial charge in [-0.2, -0.15) is 0 Å². The van der Waals surface area contributed by atoms with Gasteiger partial charge in [-0.1, -0.05) is 19.1 Å². The summed E-state index contributed by atoms with van der Waals surface area (Å²) < 4.78 is 7.17. The standard InChI is InChI=1S/C19H16BrIN2O2S/c1-3-11-4-6-13(7-5-11)22-19-23-18(24)16(26-19)10-12-8-14(20)17(25-2)15(21)9-12/h4-10H,3H2,1-2H3,(H,22,23,24)/b16-10-. The first-order valence-corrected chi connectivity index (χ1v) is 10.6. The molecule has 3 rings (SSSR count). The van der Waals surface area contributed by atoms with E-state index in [0.29, 0.717) is 10.1 Å². The predicted molar refractivity (Wildman–Crippen MR) is 120 cm³/mol. The van der Waals surface area contributed by atoms with E-state index < -0.39 is 0 Å². The largest absolute Gasteiger partial charge is 0.494 e. The van der Waals surface area contributed by atoms with Crippen LogP contribution in [0.5, 0.6) is 5.75 Å². The third-order valence-corrected chi connectivity index (χ3v) is 6.05. The number of halogens is 2. The molecule has 2 aromatic carbocycles. The van der Waals surface area contributed by atoms with E-state index in [1.807, 2.05) is 30.3 Å². The molecular formula is C19H16BrIN2O2S. The van der Waals surface area contributed by atoms with Crippen LogP contribution in [-0.2, 0) is 11.2 Å². The maximum Gasteiger partial charge on any atom is 0.264 e. The summed E-state index contributed by atoms with van der Waals surface area (Å²) in [6.07, 6.45) is 2.85. The third-order valence-electron chi connectivity index (χ3n) is 3.75. The molecule has 4 nitrogen and oxygen atoms in total. The lowest BCUT2D eigenvalue weighted by molar-refractivity contribution is -0.115. The Bertz CT molecular complexity index is 887. The molecule has 1 aliphatic rings. The molecule has 1 amide bonds. The van der Waals surface area contributed by atoms with Crippen LogP contribution in [0.3, 0.4) is 0 Å². The maximum atomic E-state index is 12.3. The van der Waals surface area contributed by atoms with Crippen molar-refractivity contribution in [1.82, 2.24) is 5.32 Å². The molecule has 0 bridgehead atoms. The molecule has 0 aromatic heterocycles. The zero-order valence-electron chi connectivity index (χ0n) is 14.2. The van der Waals surface area contributed by atoms with Crippen LogP contribution in [0.4, 0.5) is 5.69 Å². The highest BCUT2D eigenvalue weighted by Crippen LogP contribution is 2.34. The van der Waals surface area contributed by atoms with Gasteiger partial charge >= 0.3 is 0 Å². The fourth-order valence-electron chi connectivity index (χ4n) is 2.41. The van der Waals surface area contributed by atoms with Crippen LogP contribution in [0, 0.1) is 3.57 Å². The second-order valence-electron chi connectivity index (χ2n) is 5.52. The second-order valence-corrected chi connectivity index (χ2v) is 8.57. The number of methoxy groups -OCH3 is 1. The number of carbonyl (C=O) groups is 1. The van der Waals surface area contributed by atoms with Gasteiger partial charge in [-0.25, -0.2) is 4.99 Å². The molecule has 0 aliphatic carbocycles. The summed E-state index contributed by atoms with van der Waals surface area (Å²) in [6.45, 7) is 2.11. The lowest BCUT2D eigenvalue weighted by Gasteiger charge is -2.07. The fraction of sp³-hybridized carbons (Fsp3) is 0.158. The number of thioether (sulfide) groups is 1. The average Bonchev–Trinajstić information content (AvgIpc) is 2.94. The van der Waals surface area contributed by atoms with Crippen molar-refractivity contribution in [2.24, 2.45) is 4.99 Å². The molecule has 0 radical (unpaired) electrons. The van der Waals surface area contributed by atoms with Crippen molar-refractivity contribution in [3.63, 3.8) is 0 Å². The summed E-state index contributed by atoms with van der Waals surface area (Å²) in [5.74, 6) is 0.648. The molecule has 0 unspecified atom stereocenters. The number of hydrogen-bond acceptors (Lipinski definition) is 4. The molecule has 7 heteroatoms. The Morgan fingerprint density at radius 3 is 2.65 bits per heavy atom. The Hall–Kier alpha value is -1.32. The summed E-state index contributed by atoms with van der Waals surface area (Å²) >= 11 is 7.05. The van der Waals surface area contributed by atoms with Crippen molar-refractivity contribution < 1.29 is 9.53 Å². The summed E-state index contributed by atoms with van der Waals surface area (Å²) in [5, 5.41) is 3.41. The molecule has 0 saturated carbocycles. The van der Waals surface area contributed by atoms with Gasteiger partial charge < -0.3 is 10.1 Å². The number of amides is 1. The summed E-state index contributed by atoms with van der Waals surface area (Å²) in [5.41, 5.74) is 3.01. The van der Waals surface area contributed by atoms with E-state index in [9.17, 15) is 4.79 Å². The molecule has 26 heavy (non-hydrogen) atoms. The van der Waals surface area contributed by atoms with Crippen LogP contribution in [0.2, 0.25) is 0 Å². The van der Waals surface area contributed by atoms with Gasteiger partial charge in [0.1, 0.15) is 5.75 Å². The molecule has 1 saturated heterocycles. The van der Waals surface area contributed by atoms with E-state index in [4.69, 9.17) is 4.74 Å². The minimum atomic E-state index is -0.138. The first-order valence-electron chi connectivity index (χ1n) is 7.91. The second kappa shape index (κ2) is 8.58. The molecule has 0 atom stereocenters. The molecule has 1 heterocycles. The minimum absolute atomic E-state index is 0.138. The summed E-state index contributed by atoms with van der Waals surface area (Å²) in [7, 11) is 1.64. The normalized spacial score (nSPS) is 17.0. The van der Waals surface area contributed by atoms with Crippen LogP contribution in [0.1, 0.15) is 18.1 Å². The van der Waals surface area contributed by atoms with Crippen molar-refractivity contribution in [2.45, 2.75) is 13.3 Å². The van der Waals surface area contributed by atoms with Gasteiger partial charge in [-0.3, -0.25) is 4.79 Å². The van der Waals surface area contributed by atoms with E-state index in [1.165, 1.54) is 17.3 Å². The number of benzene rings is 2. The highest BCUT2D eigenvalue weighted by Gasteiger charge is 2.24. The summed E-state index contributed by atoms with van der Waals surface area (Å²) in [6, 6.07) is 11.9. The summed E-state index contributed by atoms with van der Waals surface area (Å²) in [4.78, 5) is 17.4. The molecule has 0 spiro atoms. The quantitative estimate of drug-likeness (QED) is 0.409. The van der Waals surface area contributed by atoms with Crippen molar-refractivity contribution >= 4 is 73.1 Å². The van der Waals surface area contributed by atoms with Crippen molar-refractivity contribution in [3.8, 4) is 5.75 Å². The van der Waals surface area contributed by atoms with Crippen LogP contribution in [0.25, 0.3) is 6.08 Å². The van der Waals surface area contributed by atoms with Crippen LogP contribution < -0.4 is 10.1 Å². The van der Waals surface area contributed by atoms with E-state index >= 15 is 0 Å². The van der Waals surface area contributed by atoms with Gasteiger partial charge in [0.15, 0.2) is 5.17 Å². The highest BCUT2D eigenvalue weighted by atomic mass is 127. The predicted octanol–water partition coefficient (Wildman–Crippen LogP) is 5.52. The Morgan fingerprint density at radius 1 is 1.31 bits per heavy atom. The SMILES string of the molecule is CCc1ccc(N=C2NC(=O)/C(=C/c3cc(Br)c(OC)c(I)c3)S2)cc1. The number of amidine groups is 1. The average molecular weight is 543 g/mol. The van der Waals surface area contributed by atoms with E-state index in [1.54, 1.807) is 7.11 Å². The molecule has 1 N–H and O–H groups in total. The lowest BCUT2D eigenvalue weighted by Crippen LogP contribution is -2.19. The monoisotopic (exact) mass is 542 g/mol. The Morgan fingerprint density at radius 2 is 2.04 bits per heavy atom. The van der Waals surface area contributed by atoms with Crippen LogP contribution >= 0.6 is 50.3 Å². The third kappa shape index (κ3) is 4.50. The molecule has 1 aliphatic heterocycles. The van der Waals surface area contributed by atoms with Gasteiger partial charge in [0.05, 0.1) is 25.7 Å². The molecule has 134 valence electrons. The molecule has 2 aromatic rings. The molecule has 1 fully saturated rings. The van der Waals surface area contributed by atoms with Crippen molar-refractivity contribution in [1.29, 1.82) is 0 Å². The van der Waals surface area contributed by atoms with E-state index in [2.05, 4.69) is 67.9 Å². The van der Waals surface area contributed by atoms with E-state index in [0.717, 1.165) is 31.5 Å². The number of nitrogens with one attached hydrogen (secondary N) is 1. The molecular weight excluding hydrogens is 527 g/mol. The van der Waals surface area contributed by atoms with Crippen molar-refractivity contribution in [2.75, 3.05) is 7.11 Å². The van der Waals surface area contributed by atoms with Crippen LogP contribution in [0.15, 0.2) is 50.8 Å². The maximum absolute atomic E-state index is 12.3. The van der Waals surface area contributed by atoms with Gasteiger partial charge in [-0.15, -0.1) is 0 Å². The number of aliphatic imine (C=N–C) groups is 1. The van der Waals surface area contributed by atoms with Crippen molar-refractivity contribution in [3.05, 3.63) is 60.5 Å². The topological polar surface area (TPSA) is 50.7 Å². The number of aryl methyl sites for hydroxylation is 1. The Balaban J connectivity index is 1.83. The van der Waals surface area contributed by atoms with Gasteiger partial charge in [0, 0.05) is 0 Å². The van der Waals surface area contributed by atoms with Crippen LogP contribution in [-0.4, -0.2) is 18.2 Å². The minimum Gasteiger partial charge on any atom is -0.494 e. The Labute approximate surface area is 178 Å². The number of hydrogen-bond donors (Lipinski definition) is 1. The van der Waals surface area contributed by atoms with Gasteiger partial charge in [0.25, 0.3) is 5.91 Å². The first-order chi connectivity index (χ1) is 12.5. The Kier molecular flexibility index (Phi) is 6.42. The fourth-order valence-corrected chi connectivity index (χ4v) is 5.14. The van der Waals surface area contributed by atoms with Gasteiger partial charge in [-0.05, 0) is 98.2 Å². The van der Waals surface area contributed by atoms with Gasteiger partial charge in [0.2, 0.25) is 0 Å². The number of carbonyl (C=O) groups excluding carboxylic acids is 1. The zero-order chi connectivity index (χ0) is 18.7. The first kappa shape index (κ1) is 19.4. The van der Waals surface area contributed by atoms with E-state index in [-0.39, 0.29) is 5.91 Å². The highest BCUT2D eigenvalue weighted by molar-refractivity contribution is 14.1.